The van der Waals surface area contributed by atoms with Gasteiger partial charge < -0.3 is 19.1 Å². The van der Waals surface area contributed by atoms with Crippen molar-refractivity contribution in [1.82, 2.24) is 19.7 Å². The maximum Gasteiger partial charge on any atom is 0.267 e. The molecular formula is C22H23N5O3. The normalized spacial score (nSPS) is 12.3. The predicted octanol–water partition coefficient (Wildman–Crippen LogP) is 4.05. The van der Waals surface area contributed by atoms with Crippen molar-refractivity contribution in [2.45, 2.75) is 26.9 Å². The van der Waals surface area contributed by atoms with Gasteiger partial charge in [0.2, 0.25) is 0 Å². The first-order valence-electron chi connectivity index (χ1n) is 9.58. The Morgan fingerprint density at radius 3 is 2.73 bits per heavy atom. The van der Waals surface area contributed by atoms with Crippen LogP contribution >= 0.6 is 0 Å². The first kappa shape index (κ1) is 19.8. The van der Waals surface area contributed by atoms with Gasteiger partial charge in [0, 0.05) is 42.7 Å². The molecule has 1 unspecified atom stereocenters. The second-order valence-corrected chi connectivity index (χ2v) is 7.30. The van der Waals surface area contributed by atoms with Gasteiger partial charge in [0.05, 0.1) is 5.52 Å². The molecule has 0 aliphatic heterocycles. The number of pyridine rings is 2. The number of aromatic nitrogens is 4. The maximum absolute atomic E-state index is 13.1. The van der Waals surface area contributed by atoms with E-state index in [0.29, 0.717) is 17.4 Å². The van der Waals surface area contributed by atoms with E-state index < -0.39 is 0 Å². The van der Waals surface area contributed by atoms with Crippen molar-refractivity contribution in [1.29, 1.82) is 0 Å². The summed E-state index contributed by atoms with van der Waals surface area (Å²) in [6.07, 6.45) is 1.50. The summed E-state index contributed by atoms with van der Waals surface area (Å²) in [5, 5.41) is 7.97. The van der Waals surface area contributed by atoms with Crippen molar-refractivity contribution < 1.29 is 9.26 Å². The summed E-state index contributed by atoms with van der Waals surface area (Å²) >= 11 is 0. The Balaban J connectivity index is 1.75. The van der Waals surface area contributed by atoms with Crippen LogP contribution in [0, 0.1) is 13.8 Å². The number of hydrogen-bond acceptors (Lipinski definition) is 7. The lowest BCUT2D eigenvalue weighted by Crippen LogP contribution is -2.19. The maximum atomic E-state index is 13.1. The molecule has 0 spiro atoms. The molecule has 3 aromatic heterocycles. The number of hydrogen-bond donors (Lipinski definition) is 1. The van der Waals surface area contributed by atoms with E-state index in [0.717, 1.165) is 33.4 Å². The molecular weight excluding hydrogens is 382 g/mol. The van der Waals surface area contributed by atoms with Crippen LogP contribution in [0.1, 0.15) is 30.2 Å². The number of rotatable bonds is 5. The Bertz CT molecular complexity index is 1290. The van der Waals surface area contributed by atoms with Gasteiger partial charge in [-0.2, -0.15) is 4.98 Å². The minimum Gasteiger partial charge on any atom is -0.372 e. The third-order valence-electron chi connectivity index (χ3n) is 5.17. The van der Waals surface area contributed by atoms with Crippen molar-refractivity contribution in [3.63, 3.8) is 0 Å². The zero-order valence-corrected chi connectivity index (χ0v) is 17.6. The topological polar surface area (TPSA) is 95.1 Å². The summed E-state index contributed by atoms with van der Waals surface area (Å²) in [7, 11) is 3.36. The Morgan fingerprint density at radius 2 is 1.97 bits per heavy atom. The molecule has 0 bridgehead atoms. The van der Waals surface area contributed by atoms with Gasteiger partial charge in [0.15, 0.2) is 0 Å². The van der Waals surface area contributed by atoms with E-state index in [-0.39, 0.29) is 11.7 Å². The molecule has 8 nitrogen and oxygen atoms in total. The third-order valence-corrected chi connectivity index (χ3v) is 5.17. The van der Waals surface area contributed by atoms with E-state index in [1.807, 2.05) is 51.1 Å². The van der Waals surface area contributed by atoms with Gasteiger partial charge in [-0.3, -0.25) is 9.78 Å². The van der Waals surface area contributed by atoms with Crippen molar-refractivity contribution in [3.8, 4) is 11.1 Å². The van der Waals surface area contributed by atoms with Gasteiger partial charge in [0.25, 0.3) is 17.4 Å². The minimum atomic E-state index is -0.292. The van der Waals surface area contributed by atoms with Crippen molar-refractivity contribution in [3.05, 3.63) is 64.0 Å². The van der Waals surface area contributed by atoms with Crippen LogP contribution in [-0.2, 0) is 11.8 Å². The molecule has 0 radical (unpaired) electrons. The molecule has 0 saturated carbocycles. The van der Waals surface area contributed by atoms with E-state index in [4.69, 9.17) is 9.26 Å². The zero-order valence-electron chi connectivity index (χ0n) is 17.6. The van der Waals surface area contributed by atoms with E-state index >= 15 is 0 Å². The third kappa shape index (κ3) is 3.57. The average Bonchev–Trinajstić information content (AvgIpc) is 3.20. The summed E-state index contributed by atoms with van der Waals surface area (Å²) in [5.41, 5.74) is 4.83. The van der Waals surface area contributed by atoms with Crippen LogP contribution in [0.5, 0.6) is 0 Å². The molecule has 30 heavy (non-hydrogen) atoms. The lowest BCUT2D eigenvalue weighted by Gasteiger charge is -2.12. The first-order valence-corrected chi connectivity index (χ1v) is 9.58. The lowest BCUT2D eigenvalue weighted by molar-refractivity contribution is 0.0886. The fourth-order valence-corrected chi connectivity index (χ4v) is 3.33. The summed E-state index contributed by atoms with van der Waals surface area (Å²) in [6, 6.07) is 9.58. The largest absolute Gasteiger partial charge is 0.372 e. The predicted molar refractivity (Wildman–Crippen MR) is 115 cm³/mol. The van der Waals surface area contributed by atoms with Crippen LogP contribution in [0.4, 0.5) is 11.6 Å². The standard InChI is InChI=1S/C22H23N5O3/c1-12-6-7-16(24-22-25-20(30-26-22)14(3)29-5)10-17(12)18-9-15-11-23-13(2)8-19(15)27(4)21(18)28/h6-11,14H,1-5H3,(H,24,26). The van der Waals surface area contributed by atoms with Crippen LogP contribution < -0.4 is 10.9 Å². The Kier molecular flexibility index (Phi) is 5.09. The second-order valence-electron chi connectivity index (χ2n) is 7.30. The van der Waals surface area contributed by atoms with E-state index in [9.17, 15) is 4.79 Å². The van der Waals surface area contributed by atoms with Crippen molar-refractivity contribution >= 4 is 22.5 Å². The molecule has 4 aromatic rings. The van der Waals surface area contributed by atoms with Crippen molar-refractivity contribution in [2.24, 2.45) is 7.05 Å². The fraction of sp³-hybridized carbons (Fsp3) is 0.273. The monoisotopic (exact) mass is 405 g/mol. The molecule has 8 heteroatoms. The highest BCUT2D eigenvalue weighted by molar-refractivity contribution is 5.85. The molecule has 0 aliphatic rings. The number of fused-ring (bicyclic) bond motifs is 1. The quantitative estimate of drug-likeness (QED) is 0.535. The van der Waals surface area contributed by atoms with Gasteiger partial charge in [-0.1, -0.05) is 6.07 Å². The summed E-state index contributed by atoms with van der Waals surface area (Å²) in [4.78, 5) is 21.8. The first-order chi connectivity index (χ1) is 14.4. The summed E-state index contributed by atoms with van der Waals surface area (Å²) < 4.78 is 12.1. The molecule has 0 aliphatic carbocycles. The molecule has 3 heterocycles. The fourth-order valence-electron chi connectivity index (χ4n) is 3.33. The number of nitrogens with zero attached hydrogens (tertiary/aromatic N) is 4. The van der Waals surface area contributed by atoms with Crippen LogP contribution in [-0.4, -0.2) is 26.8 Å². The number of methoxy groups -OCH3 is 1. The highest BCUT2D eigenvalue weighted by Crippen LogP contribution is 2.28. The lowest BCUT2D eigenvalue weighted by atomic mass is 9.99. The molecule has 1 aromatic carbocycles. The smallest absolute Gasteiger partial charge is 0.267 e. The van der Waals surface area contributed by atoms with E-state index in [1.165, 1.54) is 0 Å². The highest BCUT2D eigenvalue weighted by atomic mass is 16.5. The molecule has 1 N–H and O–H groups in total. The van der Waals surface area contributed by atoms with E-state index in [2.05, 4.69) is 20.4 Å². The second kappa shape index (κ2) is 7.72. The molecule has 4 rings (SSSR count). The SMILES string of the molecule is COC(C)c1nc(Nc2ccc(C)c(-c3cc4cnc(C)cc4n(C)c3=O)c2)no1. The van der Waals surface area contributed by atoms with Gasteiger partial charge in [0.1, 0.15) is 6.10 Å². The van der Waals surface area contributed by atoms with Crippen LogP contribution in [0.2, 0.25) is 0 Å². The highest BCUT2D eigenvalue weighted by Gasteiger charge is 2.15. The van der Waals surface area contributed by atoms with Gasteiger partial charge in [-0.15, -0.1) is 0 Å². The Morgan fingerprint density at radius 1 is 1.17 bits per heavy atom. The molecule has 154 valence electrons. The number of aryl methyl sites for hydroxylation is 3. The molecule has 0 saturated heterocycles. The number of benzene rings is 1. The molecule has 0 amide bonds. The number of nitrogens with one attached hydrogen (secondary N) is 1. The Hall–Kier alpha value is -3.52. The summed E-state index contributed by atoms with van der Waals surface area (Å²) in [6.45, 7) is 5.71. The van der Waals surface area contributed by atoms with Crippen LogP contribution in [0.25, 0.3) is 22.0 Å². The van der Waals surface area contributed by atoms with Crippen LogP contribution in [0.3, 0.4) is 0 Å². The number of ether oxygens (including phenoxy) is 1. The van der Waals surface area contributed by atoms with Crippen LogP contribution in [0.15, 0.2) is 45.8 Å². The van der Waals surface area contributed by atoms with Gasteiger partial charge in [-0.25, -0.2) is 0 Å². The Labute approximate surface area is 173 Å². The van der Waals surface area contributed by atoms with Gasteiger partial charge >= 0.3 is 0 Å². The van der Waals surface area contributed by atoms with E-state index in [1.54, 1.807) is 24.9 Å². The minimum absolute atomic E-state index is 0.0656. The average molecular weight is 405 g/mol. The van der Waals surface area contributed by atoms with Crippen molar-refractivity contribution in [2.75, 3.05) is 12.4 Å². The summed E-state index contributed by atoms with van der Waals surface area (Å²) in [5.74, 6) is 0.716. The van der Waals surface area contributed by atoms with Gasteiger partial charge in [-0.05, 0) is 61.3 Å². The molecule has 1 atom stereocenters. The number of anilines is 2. The molecule has 0 fully saturated rings. The zero-order chi connectivity index (χ0) is 21.4.